The van der Waals surface area contributed by atoms with Gasteiger partial charge in [-0.2, -0.15) is 0 Å². The quantitative estimate of drug-likeness (QED) is 0.878. The summed E-state index contributed by atoms with van der Waals surface area (Å²) < 4.78 is 40.2. The van der Waals surface area contributed by atoms with E-state index in [-0.39, 0.29) is 29.6 Å². The van der Waals surface area contributed by atoms with Crippen LogP contribution in [0.4, 0.5) is 4.39 Å². The van der Waals surface area contributed by atoms with Gasteiger partial charge in [0.15, 0.2) is 0 Å². The Morgan fingerprint density at radius 3 is 2.82 bits per heavy atom. The first-order valence-corrected chi connectivity index (χ1v) is 9.37. The fourth-order valence-corrected chi connectivity index (χ4v) is 5.00. The van der Waals surface area contributed by atoms with Gasteiger partial charge in [-0.05, 0) is 18.9 Å². The third-order valence-corrected chi connectivity index (χ3v) is 6.61. The van der Waals surface area contributed by atoms with Crippen molar-refractivity contribution in [3.05, 3.63) is 35.6 Å². The van der Waals surface area contributed by atoms with Crippen LogP contribution in [0.25, 0.3) is 0 Å². The Morgan fingerprint density at radius 2 is 2.09 bits per heavy atom. The van der Waals surface area contributed by atoms with Gasteiger partial charge < -0.3 is 0 Å². The van der Waals surface area contributed by atoms with Crippen LogP contribution in [0.5, 0.6) is 0 Å². The van der Waals surface area contributed by atoms with Crippen molar-refractivity contribution in [2.24, 2.45) is 5.92 Å². The molecule has 0 aliphatic carbocycles. The fraction of sp³-hybridized carbons (Fsp3) is 0.600. The average molecular weight is 327 g/mol. The van der Waals surface area contributed by atoms with Gasteiger partial charge in [-0.15, -0.1) is 0 Å². The van der Waals surface area contributed by atoms with Crippen molar-refractivity contribution in [2.45, 2.75) is 31.8 Å². The number of nitrogens with zero attached hydrogens (tertiary/aromatic N) is 1. The molecule has 5 nitrogen and oxygen atoms in total. The highest BCUT2D eigenvalue weighted by Crippen LogP contribution is 2.35. The molecule has 122 valence electrons. The molecule has 0 aromatic heterocycles. The molecule has 0 spiro atoms. The van der Waals surface area contributed by atoms with E-state index in [0.29, 0.717) is 25.1 Å². The van der Waals surface area contributed by atoms with Crippen LogP contribution in [-0.2, 0) is 10.0 Å². The third-order valence-electron chi connectivity index (χ3n) is 4.57. The molecular formula is C15H22FN3O2S. The molecule has 0 bridgehead atoms. The summed E-state index contributed by atoms with van der Waals surface area (Å²) in [7, 11) is -3.20. The van der Waals surface area contributed by atoms with Crippen LogP contribution in [-0.4, -0.2) is 37.6 Å². The summed E-state index contributed by atoms with van der Waals surface area (Å²) in [5.41, 5.74) is 6.94. The zero-order chi connectivity index (χ0) is 15.7. The SMILES string of the molecule is CCCS(=O)(=O)N1CCC2NNC(c3ccccc3F)C2C1. The van der Waals surface area contributed by atoms with E-state index in [4.69, 9.17) is 0 Å². The van der Waals surface area contributed by atoms with Gasteiger partial charge >= 0.3 is 0 Å². The Balaban J connectivity index is 1.82. The van der Waals surface area contributed by atoms with Crippen molar-refractivity contribution < 1.29 is 12.8 Å². The maximum absolute atomic E-state index is 14.1. The Labute approximate surface area is 130 Å². The highest BCUT2D eigenvalue weighted by molar-refractivity contribution is 7.89. The molecule has 2 fully saturated rings. The second kappa shape index (κ2) is 6.23. The van der Waals surface area contributed by atoms with Crippen molar-refractivity contribution in [1.29, 1.82) is 0 Å². The largest absolute Gasteiger partial charge is 0.254 e. The van der Waals surface area contributed by atoms with E-state index < -0.39 is 10.0 Å². The number of rotatable bonds is 4. The van der Waals surface area contributed by atoms with Gasteiger partial charge in [-0.3, -0.25) is 5.43 Å². The molecule has 3 unspecified atom stereocenters. The van der Waals surface area contributed by atoms with Crippen molar-refractivity contribution in [2.75, 3.05) is 18.8 Å². The molecule has 0 amide bonds. The minimum Gasteiger partial charge on any atom is -0.254 e. The number of fused-ring (bicyclic) bond motifs is 1. The topological polar surface area (TPSA) is 61.4 Å². The smallest absolute Gasteiger partial charge is 0.214 e. The number of nitrogens with one attached hydrogen (secondary N) is 2. The van der Waals surface area contributed by atoms with Gasteiger partial charge in [0.25, 0.3) is 0 Å². The van der Waals surface area contributed by atoms with Crippen LogP contribution >= 0.6 is 0 Å². The molecule has 2 aliphatic rings. The number of benzene rings is 1. The lowest BCUT2D eigenvalue weighted by Gasteiger charge is -2.35. The van der Waals surface area contributed by atoms with Crippen LogP contribution in [0, 0.1) is 11.7 Å². The second-order valence-corrected chi connectivity index (χ2v) is 8.11. The molecule has 0 radical (unpaired) electrons. The molecule has 3 atom stereocenters. The van der Waals surface area contributed by atoms with Crippen LogP contribution in [0.2, 0.25) is 0 Å². The maximum atomic E-state index is 14.1. The van der Waals surface area contributed by atoms with E-state index in [2.05, 4.69) is 10.9 Å². The molecule has 1 aromatic rings. The summed E-state index contributed by atoms with van der Waals surface area (Å²) in [4.78, 5) is 0. The number of hydrazine groups is 1. The lowest BCUT2D eigenvalue weighted by Crippen LogP contribution is -2.48. The monoisotopic (exact) mass is 327 g/mol. The summed E-state index contributed by atoms with van der Waals surface area (Å²) in [5.74, 6) is -0.0384. The molecule has 2 heterocycles. The highest BCUT2D eigenvalue weighted by atomic mass is 32.2. The van der Waals surface area contributed by atoms with Crippen LogP contribution in [0.3, 0.4) is 0 Å². The first-order valence-electron chi connectivity index (χ1n) is 7.76. The minimum absolute atomic E-state index is 0.0391. The number of hydrogen-bond acceptors (Lipinski definition) is 4. The van der Waals surface area contributed by atoms with Gasteiger partial charge in [0.05, 0.1) is 11.8 Å². The molecular weight excluding hydrogens is 305 g/mol. The number of piperidine rings is 1. The first kappa shape index (κ1) is 15.9. The van der Waals surface area contributed by atoms with E-state index in [0.717, 1.165) is 6.42 Å². The normalized spacial score (nSPS) is 29.5. The van der Waals surface area contributed by atoms with Crippen molar-refractivity contribution in [1.82, 2.24) is 15.2 Å². The van der Waals surface area contributed by atoms with E-state index in [1.165, 1.54) is 6.07 Å². The lowest BCUT2D eigenvalue weighted by atomic mass is 9.86. The minimum atomic E-state index is -3.20. The van der Waals surface area contributed by atoms with Crippen LogP contribution in [0.1, 0.15) is 31.4 Å². The van der Waals surface area contributed by atoms with Gasteiger partial charge in [0.1, 0.15) is 5.82 Å². The highest BCUT2D eigenvalue weighted by Gasteiger charge is 2.43. The van der Waals surface area contributed by atoms with Gasteiger partial charge in [-0.25, -0.2) is 22.5 Å². The molecule has 2 aliphatic heterocycles. The summed E-state index contributed by atoms with van der Waals surface area (Å²) in [6.07, 6.45) is 1.35. The fourth-order valence-electron chi connectivity index (χ4n) is 3.45. The number of hydrogen-bond donors (Lipinski definition) is 2. The Bertz CT molecular complexity index is 637. The molecule has 3 rings (SSSR count). The summed E-state index contributed by atoms with van der Waals surface area (Å²) in [6, 6.07) is 6.65. The Hall–Kier alpha value is -1.02. The standard InChI is InChI=1S/C15H22FN3O2S/c1-2-9-22(20,21)19-8-7-14-12(10-19)15(18-17-14)11-5-3-4-6-13(11)16/h3-6,12,14-15,17-18H,2,7-10H2,1H3. The summed E-state index contributed by atoms with van der Waals surface area (Å²) in [5, 5.41) is 0. The van der Waals surface area contributed by atoms with E-state index in [1.54, 1.807) is 16.4 Å². The van der Waals surface area contributed by atoms with Crippen LogP contribution in [0.15, 0.2) is 24.3 Å². The van der Waals surface area contributed by atoms with Crippen molar-refractivity contribution in [3.8, 4) is 0 Å². The molecule has 2 saturated heterocycles. The van der Waals surface area contributed by atoms with Gasteiger partial charge in [-0.1, -0.05) is 25.1 Å². The molecule has 1 aromatic carbocycles. The zero-order valence-electron chi connectivity index (χ0n) is 12.6. The predicted octanol–water partition coefficient (Wildman–Crippen LogP) is 1.40. The molecule has 0 saturated carbocycles. The van der Waals surface area contributed by atoms with E-state index in [1.807, 2.05) is 13.0 Å². The molecule has 7 heteroatoms. The maximum Gasteiger partial charge on any atom is 0.214 e. The van der Waals surface area contributed by atoms with Crippen LogP contribution < -0.4 is 10.9 Å². The van der Waals surface area contributed by atoms with Crippen molar-refractivity contribution in [3.63, 3.8) is 0 Å². The Morgan fingerprint density at radius 1 is 1.32 bits per heavy atom. The predicted molar refractivity (Wildman–Crippen MR) is 83.0 cm³/mol. The number of halogens is 1. The lowest BCUT2D eigenvalue weighted by molar-refractivity contribution is 0.233. The second-order valence-electron chi connectivity index (χ2n) is 6.02. The van der Waals surface area contributed by atoms with E-state index in [9.17, 15) is 12.8 Å². The summed E-state index contributed by atoms with van der Waals surface area (Å²) >= 11 is 0. The van der Waals surface area contributed by atoms with E-state index >= 15 is 0 Å². The summed E-state index contributed by atoms with van der Waals surface area (Å²) in [6.45, 7) is 2.83. The van der Waals surface area contributed by atoms with Gasteiger partial charge in [0, 0.05) is 30.6 Å². The molecule has 22 heavy (non-hydrogen) atoms. The first-order chi connectivity index (χ1) is 10.5. The number of sulfonamides is 1. The van der Waals surface area contributed by atoms with Gasteiger partial charge in [0.2, 0.25) is 10.0 Å². The zero-order valence-corrected chi connectivity index (χ0v) is 13.4. The Kier molecular flexibility index (Phi) is 4.49. The van der Waals surface area contributed by atoms with Crippen molar-refractivity contribution >= 4 is 10.0 Å². The third kappa shape index (κ3) is 2.90. The average Bonchev–Trinajstić information content (AvgIpc) is 2.90. The molecule has 2 N–H and O–H groups in total.